The Bertz CT molecular complexity index is 4590. The topological polar surface area (TPSA) is 107 Å². The average molecular weight is 1290 g/mol. The molecular weight excluding hydrogens is 1210 g/mol. The third kappa shape index (κ3) is 12.4. The van der Waals surface area contributed by atoms with Crippen molar-refractivity contribution in [1.29, 1.82) is 0 Å². The number of hydrogen-bond acceptors (Lipinski definition) is 10. The van der Waals surface area contributed by atoms with Crippen LogP contribution in [0.15, 0.2) is 236 Å². The van der Waals surface area contributed by atoms with Crippen LogP contribution in [-0.2, 0) is 27.9 Å². The number of hydrogen-bond donors (Lipinski definition) is 0. The zero-order valence-corrected chi connectivity index (χ0v) is 55.9. The number of fused-ring (bicyclic) bond motifs is 4. The van der Waals surface area contributed by atoms with Crippen molar-refractivity contribution in [2.75, 3.05) is 0 Å². The van der Waals surface area contributed by atoms with E-state index in [4.69, 9.17) is 32.9 Å². The Morgan fingerprint density at radius 3 is 0.946 bits per heavy atom. The maximum Gasteiger partial charge on any atom is 0.514 e. The number of benzene rings is 8. The summed E-state index contributed by atoms with van der Waals surface area (Å²) in [5.41, 5.74) is 12.6. The van der Waals surface area contributed by atoms with Crippen molar-refractivity contribution in [2.24, 2.45) is 0 Å². The fourth-order valence-electron chi connectivity index (χ4n) is 12.4. The quantitative estimate of drug-likeness (QED) is 0.0829. The minimum Gasteiger partial charge on any atom is -0.405 e. The van der Waals surface area contributed by atoms with Gasteiger partial charge in [0.25, 0.3) is 0 Å². The average Bonchev–Trinajstić information content (AvgIpc) is 1.73. The first-order valence-electron chi connectivity index (χ1n) is 31.5. The van der Waals surface area contributed by atoms with Crippen LogP contribution >= 0.6 is 15.9 Å². The predicted molar refractivity (Wildman–Crippen MR) is 389 cm³/mol. The molecule has 0 unspecified atom stereocenters. The van der Waals surface area contributed by atoms with Crippen LogP contribution in [0.5, 0.6) is 0 Å². The van der Waals surface area contributed by atoms with E-state index in [1.807, 2.05) is 105 Å². The normalized spacial score (nSPS) is 17.2. The van der Waals surface area contributed by atoms with E-state index in [9.17, 15) is 0 Å². The molecule has 3 fully saturated rings. The molecule has 8 aromatic carbocycles. The molecule has 0 saturated carbocycles. The molecular formula is C79H78B3BrN4O6. The van der Waals surface area contributed by atoms with Gasteiger partial charge in [0.1, 0.15) is 4.60 Å². The standard InChI is InChI=1S/C36H31BN2O2.C30H19BrN2.C12H24B2O4.CH4/c1-35(2)36(3,4)41-37(40-35)32-17-15-27(23-39-32)34-29-13-9-8-12-28(29)33(25-18-20-38-21-19-25)31-22-26(14-16-30(31)34)24-10-6-5-7-11-24;31-28-13-11-23(19-33-28)30-25-9-5-4-8-24(25)29(21-14-16-32-17-15-21)27-18-22(10-12-26(27)30)20-6-2-1-3-7-20;1-9(2)10(3,4)16-13(15-9)14-17-11(5,6)12(7,8)18-14;/h5-23H,1-4H3;1-19H;1-8H3;1H4. The molecule has 12 aromatic rings. The molecule has 0 radical (unpaired) electrons. The number of nitrogens with zero attached hydrogens (tertiary/aromatic N) is 4. The van der Waals surface area contributed by atoms with E-state index in [-0.39, 0.29) is 29.8 Å². The van der Waals surface area contributed by atoms with Crippen molar-refractivity contribution in [2.45, 2.75) is 124 Å². The van der Waals surface area contributed by atoms with Crippen LogP contribution in [0.1, 0.15) is 90.5 Å². The highest BCUT2D eigenvalue weighted by molar-refractivity contribution is 9.10. The van der Waals surface area contributed by atoms with Gasteiger partial charge in [-0.25, -0.2) is 4.98 Å². The molecule has 0 N–H and O–H groups in total. The van der Waals surface area contributed by atoms with E-state index in [0.29, 0.717) is 0 Å². The van der Waals surface area contributed by atoms with Gasteiger partial charge in [0.05, 0.1) is 39.2 Å². The number of halogens is 1. The number of pyridine rings is 4. The number of aromatic nitrogens is 4. The molecule has 93 heavy (non-hydrogen) atoms. The summed E-state index contributed by atoms with van der Waals surface area (Å²) in [6.45, 7) is 24.5. The summed E-state index contributed by atoms with van der Waals surface area (Å²) in [6, 6.07) is 68.7. The zero-order chi connectivity index (χ0) is 64.4. The lowest BCUT2D eigenvalue weighted by Gasteiger charge is -2.32. The first-order valence-corrected chi connectivity index (χ1v) is 32.3. The van der Waals surface area contributed by atoms with Gasteiger partial charge in [0, 0.05) is 48.3 Å². The monoisotopic (exact) mass is 1290 g/mol. The molecule has 3 aliphatic heterocycles. The molecule has 466 valence electrons. The van der Waals surface area contributed by atoms with E-state index in [1.54, 1.807) is 0 Å². The van der Waals surface area contributed by atoms with Crippen molar-refractivity contribution in [1.82, 2.24) is 19.9 Å². The Balaban J connectivity index is 0.000000143. The molecule has 10 nitrogen and oxygen atoms in total. The molecule has 4 aromatic heterocycles. The van der Waals surface area contributed by atoms with Crippen molar-refractivity contribution >= 4 is 85.7 Å². The Labute approximate surface area is 557 Å². The highest BCUT2D eigenvalue weighted by Gasteiger charge is 2.64. The van der Waals surface area contributed by atoms with Gasteiger partial charge in [-0.15, -0.1) is 0 Å². The van der Waals surface area contributed by atoms with Crippen LogP contribution in [0.2, 0.25) is 0 Å². The predicted octanol–water partition coefficient (Wildman–Crippen LogP) is 19.5. The third-order valence-corrected chi connectivity index (χ3v) is 20.0. The van der Waals surface area contributed by atoms with Crippen LogP contribution in [0.25, 0.3) is 110 Å². The summed E-state index contributed by atoms with van der Waals surface area (Å²) in [4.78, 5) is 17.9. The Morgan fingerprint density at radius 1 is 0.290 bits per heavy atom. The van der Waals surface area contributed by atoms with Crippen LogP contribution in [-0.4, -0.2) is 74.7 Å². The molecule has 3 saturated heterocycles. The van der Waals surface area contributed by atoms with Crippen LogP contribution in [0.4, 0.5) is 0 Å². The molecule has 14 heteroatoms. The minimum atomic E-state index is -0.495. The minimum absolute atomic E-state index is 0. The first-order chi connectivity index (χ1) is 44.0. The lowest BCUT2D eigenvalue weighted by atomic mass is 9.49. The van der Waals surface area contributed by atoms with Gasteiger partial charge in [0.2, 0.25) is 0 Å². The van der Waals surface area contributed by atoms with Crippen molar-refractivity contribution < 1.29 is 27.9 Å². The van der Waals surface area contributed by atoms with Crippen molar-refractivity contribution in [3.05, 3.63) is 236 Å². The highest BCUT2D eigenvalue weighted by Crippen LogP contribution is 2.48. The van der Waals surface area contributed by atoms with Gasteiger partial charge in [0.15, 0.2) is 0 Å². The lowest BCUT2D eigenvalue weighted by Crippen LogP contribution is -2.41. The molecule has 0 bridgehead atoms. The largest absolute Gasteiger partial charge is 0.514 e. The third-order valence-electron chi connectivity index (χ3n) is 19.6. The molecule has 0 aliphatic carbocycles. The van der Waals surface area contributed by atoms with E-state index in [1.165, 1.54) is 87.6 Å². The van der Waals surface area contributed by atoms with Gasteiger partial charge in [-0.05, 0) is 246 Å². The maximum atomic E-state index is 6.27. The molecule has 0 atom stereocenters. The lowest BCUT2D eigenvalue weighted by molar-refractivity contribution is 0.00578. The Morgan fingerprint density at radius 2 is 0.602 bits per heavy atom. The summed E-state index contributed by atoms with van der Waals surface area (Å²) in [5, 5.41) is 9.63. The summed E-state index contributed by atoms with van der Waals surface area (Å²) >= 11 is 3.48. The molecule has 7 heterocycles. The van der Waals surface area contributed by atoms with Gasteiger partial charge >= 0.3 is 21.1 Å². The fourth-order valence-corrected chi connectivity index (χ4v) is 12.7. The Kier molecular flexibility index (Phi) is 17.6. The summed E-state index contributed by atoms with van der Waals surface area (Å²) in [6.07, 6.45) is 11.4. The van der Waals surface area contributed by atoms with Crippen LogP contribution in [0, 0.1) is 0 Å². The second-order valence-corrected chi connectivity index (χ2v) is 27.8. The van der Waals surface area contributed by atoms with Crippen LogP contribution < -0.4 is 5.59 Å². The van der Waals surface area contributed by atoms with Crippen LogP contribution in [0.3, 0.4) is 0 Å². The zero-order valence-electron chi connectivity index (χ0n) is 54.3. The van der Waals surface area contributed by atoms with Crippen molar-refractivity contribution in [3.63, 3.8) is 0 Å². The molecule has 15 rings (SSSR count). The van der Waals surface area contributed by atoms with Gasteiger partial charge in [-0.2, -0.15) is 0 Å². The second kappa shape index (κ2) is 25.3. The highest BCUT2D eigenvalue weighted by atomic mass is 79.9. The molecule has 0 amide bonds. The maximum absolute atomic E-state index is 6.27. The van der Waals surface area contributed by atoms with E-state index in [2.05, 4.69) is 241 Å². The summed E-state index contributed by atoms with van der Waals surface area (Å²) in [5.74, 6) is 0. The second-order valence-electron chi connectivity index (χ2n) is 27.0. The summed E-state index contributed by atoms with van der Waals surface area (Å²) in [7, 11) is -1.45. The van der Waals surface area contributed by atoms with E-state index < -0.39 is 32.3 Å². The fraction of sp³-hybridized carbons (Fsp3) is 0.241. The van der Waals surface area contributed by atoms with Gasteiger partial charge < -0.3 is 27.9 Å². The van der Waals surface area contributed by atoms with Gasteiger partial charge in [-0.3, -0.25) is 15.0 Å². The van der Waals surface area contributed by atoms with Crippen molar-refractivity contribution in [3.8, 4) is 66.8 Å². The Hall–Kier alpha value is -8.17. The van der Waals surface area contributed by atoms with E-state index in [0.717, 1.165) is 32.5 Å². The number of rotatable bonds is 8. The van der Waals surface area contributed by atoms with E-state index >= 15 is 0 Å². The first kappa shape index (κ1) is 64.9. The SMILES string of the molecule is Brc1ccc(-c2c3ccccc3c(-c3ccncc3)c3cc(-c4ccccc4)ccc23)cn1.C.CC1(C)OB(B2OC(C)(C)C(C)(C)O2)OC1(C)C.CC1(C)OB(c2ccc(-c3c4ccccc4c(-c4ccncc4)c4cc(-c5ccccc5)ccc34)cn2)OC1(C)C. The molecule has 0 spiro atoms. The molecule has 3 aliphatic rings. The summed E-state index contributed by atoms with van der Waals surface area (Å²) < 4.78 is 37.2. The van der Waals surface area contributed by atoms with Gasteiger partial charge in [-0.1, -0.05) is 153 Å². The smallest absolute Gasteiger partial charge is 0.405 e.